The highest BCUT2D eigenvalue weighted by Crippen LogP contribution is 2.38. The Morgan fingerprint density at radius 2 is 2.07 bits per heavy atom. The average molecular weight is 389 g/mol. The Bertz CT molecular complexity index is 951. The molecular formula is C18H23N5O3S. The van der Waals surface area contributed by atoms with Gasteiger partial charge in [0.25, 0.3) is 0 Å². The van der Waals surface area contributed by atoms with Crippen molar-refractivity contribution in [3.63, 3.8) is 0 Å². The van der Waals surface area contributed by atoms with E-state index < -0.39 is 16.1 Å². The molecule has 27 heavy (non-hydrogen) atoms. The van der Waals surface area contributed by atoms with E-state index in [9.17, 15) is 13.2 Å². The van der Waals surface area contributed by atoms with E-state index in [1.165, 1.54) is 4.31 Å². The molecule has 1 aliphatic carbocycles. The zero-order chi connectivity index (χ0) is 19.0. The summed E-state index contributed by atoms with van der Waals surface area (Å²) in [6.07, 6.45) is 5.59. The number of carbonyl (C=O) groups excluding carboxylic acids is 1. The topological polar surface area (TPSA) is 108 Å². The quantitative estimate of drug-likeness (QED) is 0.814. The highest BCUT2D eigenvalue weighted by Gasteiger charge is 2.34. The summed E-state index contributed by atoms with van der Waals surface area (Å²) in [7, 11) is -3.41. The normalized spacial score (nSPS) is 21.1. The van der Waals surface area contributed by atoms with Gasteiger partial charge in [-0.3, -0.25) is 9.89 Å². The minimum Gasteiger partial charge on any atom is -0.325 e. The number of aromatic nitrogens is 3. The van der Waals surface area contributed by atoms with Gasteiger partial charge in [-0.25, -0.2) is 13.4 Å². The highest BCUT2D eigenvalue weighted by molar-refractivity contribution is 7.88. The predicted molar refractivity (Wildman–Crippen MR) is 102 cm³/mol. The molecular weight excluding hydrogens is 366 g/mol. The third-order valence-electron chi connectivity index (χ3n) is 5.04. The molecule has 2 aliphatic rings. The van der Waals surface area contributed by atoms with Gasteiger partial charge in [0.05, 0.1) is 6.26 Å². The first-order valence-electron chi connectivity index (χ1n) is 9.22. The van der Waals surface area contributed by atoms with Crippen molar-refractivity contribution in [2.75, 3.05) is 18.1 Å². The van der Waals surface area contributed by atoms with Gasteiger partial charge in [0.1, 0.15) is 11.9 Å². The van der Waals surface area contributed by atoms with Crippen LogP contribution >= 0.6 is 0 Å². The van der Waals surface area contributed by atoms with Crippen LogP contribution in [0, 0.1) is 0 Å². The lowest BCUT2D eigenvalue weighted by Crippen LogP contribution is -2.49. The summed E-state index contributed by atoms with van der Waals surface area (Å²) in [5, 5.41) is 10.1. The summed E-state index contributed by atoms with van der Waals surface area (Å²) >= 11 is 0. The monoisotopic (exact) mass is 389 g/mol. The van der Waals surface area contributed by atoms with Gasteiger partial charge in [-0.1, -0.05) is 18.6 Å². The Morgan fingerprint density at radius 3 is 2.81 bits per heavy atom. The van der Waals surface area contributed by atoms with Gasteiger partial charge in [0.2, 0.25) is 15.9 Å². The zero-order valence-corrected chi connectivity index (χ0v) is 16.0. The molecule has 0 spiro atoms. The maximum Gasteiger partial charge on any atom is 0.242 e. The van der Waals surface area contributed by atoms with Crippen LogP contribution in [-0.2, 0) is 14.8 Å². The van der Waals surface area contributed by atoms with Gasteiger partial charge < -0.3 is 5.32 Å². The molecule has 2 fully saturated rings. The molecule has 1 aromatic heterocycles. The van der Waals surface area contributed by atoms with Gasteiger partial charge in [-0.2, -0.15) is 9.40 Å². The minimum absolute atomic E-state index is 0.300. The van der Waals surface area contributed by atoms with Crippen molar-refractivity contribution in [1.29, 1.82) is 0 Å². The number of anilines is 1. The van der Waals surface area contributed by atoms with Crippen LogP contribution in [0.3, 0.4) is 0 Å². The molecule has 1 aromatic carbocycles. The van der Waals surface area contributed by atoms with E-state index in [-0.39, 0.29) is 5.91 Å². The summed E-state index contributed by atoms with van der Waals surface area (Å²) in [5.74, 6) is 1.70. The van der Waals surface area contributed by atoms with Gasteiger partial charge >= 0.3 is 0 Å². The molecule has 2 N–H and O–H groups in total. The third-order valence-corrected chi connectivity index (χ3v) is 6.33. The number of hydrogen-bond acceptors (Lipinski definition) is 5. The molecule has 9 heteroatoms. The van der Waals surface area contributed by atoms with Crippen molar-refractivity contribution < 1.29 is 13.2 Å². The first-order chi connectivity index (χ1) is 12.9. The summed E-state index contributed by atoms with van der Waals surface area (Å²) in [6.45, 7) is 0.387. The second-order valence-corrected chi connectivity index (χ2v) is 9.21. The van der Waals surface area contributed by atoms with Crippen molar-refractivity contribution in [3.05, 3.63) is 30.1 Å². The molecule has 8 nitrogen and oxygen atoms in total. The van der Waals surface area contributed by atoms with Crippen LogP contribution in [0.1, 0.15) is 43.8 Å². The number of carbonyl (C=O) groups is 1. The van der Waals surface area contributed by atoms with Crippen LogP contribution in [0.25, 0.3) is 11.4 Å². The molecule has 1 aliphatic heterocycles. The van der Waals surface area contributed by atoms with E-state index >= 15 is 0 Å². The smallest absolute Gasteiger partial charge is 0.242 e. The second kappa shape index (κ2) is 7.05. The Kier molecular flexibility index (Phi) is 4.73. The van der Waals surface area contributed by atoms with Crippen molar-refractivity contribution >= 4 is 21.6 Å². The van der Waals surface area contributed by atoms with E-state index in [4.69, 9.17) is 0 Å². The lowest BCUT2D eigenvalue weighted by Gasteiger charge is -2.32. The standard InChI is InChI=1S/C18H23N5O3S/c1-27(25,26)23-10-3-2-7-15(23)18(24)19-14-6-4-5-13(11-14)17-20-16(21-22-17)12-8-9-12/h4-6,11-12,15H,2-3,7-10H2,1H3,(H,19,24)(H,20,21,22). The average Bonchev–Trinajstić information content (AvgIpc) is 3.38. The maximum atomic E-state index is 12.7. The van der Waals surface area contributed by atoms with E-state index in [2.05, 4.69) is 20.5 Å². The molecule has 0 bridgehead atoms. The number of piperidine rings is 1. The fourth-order valence-electron chi connectivity index (χ4n) is 3.47. The number of H-pyrrole nitrogens is 1. The summed E-state index contributed by atoms with van der Waals surface area (Å²) < 4.78 is 25.3. The summed E-state index contributed by atoms with van der Waals surface area (Å²) in [5.41, 5.74) is 1.41. The van der Waals surface area contributed by atoms with Crippen molar-refractivity contribution in [1.82, 2.24) is 19.5 Å². The maximum absolute atomic E-state index is 12.7. The third kappa shape index (κ3) is 4.03. The molecule has 2 aromatic rings. The van der Waals surface area contributed by atoms with Crippen LogP contribution < -0.4 is 5.32 Å². The number of nitrogens with one attached hydrogen (secondary N) is 2. The molecule has 1 amide bonds. The van der Waals surface area contributed by atoms with Crippen LogP contribution in [0.5, 0.6) is 0 Å². The molecule has 0 radical (unpaired) electrons. The van der Waals surface area contributed by atoms with Crippen LogP contribution in [0.4, 0.5) is 5.69 Å². The zero-order valence-electron chi connectivity index (χ0n) is 15.2. The van der Waals surface area contributed by atoms with Gasteiger partial charge in [0, 0.05) is 23.7 Å². The van der Waals surface area contributed by atoms with E-state index in [0.29, 0.717) is 30.4 Å². The van der Waals surface area contributed by atoms with Crippen LogP contribution in [0.15, 0.2) is 24.3 Å². The summed E-state index contributed by atoms with van der Waals surface area (Å²) in [4.78, 5) is 17.2. The highest BCUT2D eigenvalue weighted by atomic mass is 32.2. The number of nitrogens with zero attached hydrogens (tertiary/aromatic N) is 3. The van der Waals surface area contributed by atoms with Gasteiger partial charge in [-0.05, 0) is 37.8 Å². The van der Waals surface area contributed by atoms with E-state index in [1.54, 1.807) is 6.07 Å². The lowest BCUT2D eigenvalue weighted by molar-refractivity contribution is -0.120. The van der Waals surface area contributed by atoms with Crippen LogP contribution in [-0.4, -0.2) is 52.7 Å². The number of sulfonamides is 1. The Morgan fingerprint density at radius 1 is 1.26 bits per heavy atom. The Balaban J connectivity index is 1.51. The number of aromatic amines is 1. The Labute approximate surface area is 158 Å². The van der Waals surface area contributed by atoms with E-state index in [1.807, 2.05) is 18.2 Å². The van der Waals surface area contributed by atoms with Gasteiger partial charge in [-0.15, -0.1) is 0 Å². The molecule has 2 heterocycles. The molecule has 4 rings (SSSR count). The van der Waals surface area contributed by atoms with Crippen molar-refractivity contribution in [2.24, 2.45) is 0 Å². The van der Waals surface area contributed by atoms with Crippen LogP contribution in [0.2, 0.25) is 0 Å². The SMILES string of the molecule is CS(=O)(=O)N1CCCCC1C(=O)Nc1cccc(-c2n[nH]c(C3CC3)n2)c1. The largest absolute Gasteiger partial charge is 0.325 e. The first kappa shape index (κ1) is 18.1. The number of amides is 1. The number of benzene rings is 1. The fraction of sp³-hybridized carbons (Fsp3) is 0.500. The molecule has 1 unspecified atom stereocenters. The second-order valence-electron chi connectivity index (χ2n) is 7.27. The molecule has 144 valence electrons. The summed E-state index contributed by atoms with van der Waals surface area (Å²) in [6, 6.07) is 6.64. The lowest BCUT2D eigenvalue weighted by atomic mass is 10.0. The number of hydrogen-bond donors (Lipinski definition) is 2. The van der Waals surface area contributed by atoms with Crippen molar-refractivity contribution in [2.45, 2.75) is 44.1 Å². The first-order valence-corrected chi connectivity index (χ1v) is 11.1. The minimum atomic E-state index is -3.41. The predicted octanol–water partition coefficient (Wildman–Crippen LogP) is 2.10. The molecule has 1 saturated heterocycles. The molecule has 1 saturated carbocycles. The Hall–Kier alpha value is -2.26. The molecule has 1 atom stereocenters. The fourth-order valence-corrected chi connectivity index (χ4v) is 4.59. The van der Waals surface area contributed by atoms with E-state index in [0.717, 1.165) is 43.3 Å². The van der Waals surface area contributed by atoms with Crippen molar-refractivity contribution in [3.8, 4) is 11.4 Å². The van der Waals surface area contributed by atoms with Gasteiger partial charge in [0.15, 0.2) is 5.82 Å². The number of rotatable bonds is 5.